The van der Waals surface area contributed by atoms with Crippen LogP contribution in [-0.4, -0.2) is 0 Å². The van der Waals surface area contributed by atoms with Crippen LogP contribution in [0.1, 0.15) is 26.7 Å². The minimum Gasteiger partial charge on any atom is -0.0879 e. The fourth-order valence-electron chi connectivity index (χ4n) is 2.19. The van der Waals surface area contributed by atoms with Crippen molar-refractivity contribution in [1.82, 2.24) is 0 Å². The topological polar surface area (TPSA) is 0 Å². The highest BCUT2D eigenvalue weighted by atomic mass is 14.5. The zero-order valence-electron chi connectivity index (χ0n) is 6.22. The van der Waals surface area contributed by atoms with Crippen molar-refractivity contribution in [2.24, 2.45) is 17.3 Å². The van der Waals surface area contributed by atoms with Crippen LogP contribution in [0.4, 0.5) is 0 Å². The number of hydrogen-bond donors (Lipinski definition) is 0. The summed E-state index contributed by atoms with van der Waals surface area (Å²) in [7, 11) is 0. The van der Waals surface area contributed by atoms with Crippen molar-refractivity contribution in [2.75, 3.05) is 0 Å². The molecule has 50 valence electrons. The van der Waals surface area contributed by atoms with E-state index in [-0.39, 0.29) is 0 Å². The van der Waals surface area contributed by atoms with E-state index in [1.165, 1.54) is 12.8 Å². The average molecular weight is 122 g/mol. The molecule has 0 aromatic rings. The molecule has 0 heterocycles. The molecular weight excluding hydrogens is 108 g/mol. The summed E-state index contributed by atoms with van der Waals surface area (Å²) in [6, 6.07) is 0. The SMILES string of the molecule is CC1(C)[C@@H]2CC=C[C@@H]1C2. The van der Waals surface area contributed by atoms with Crippen LogP contribution in [0.25, 0.3) is 0 Å². The minimum absolute atomic E-state index is 0.648. The van der Waals surface area contributed by atoms with Gasteiger partial charge in [0.15, 0.2) is 0 Å². The lowest BCUT2D eigenvalue weighted by Crippen LogP contribution is -2.45. The Morgan fingerprint density at radius 2 is 2.22 bits per heavy atom. The summed E-state index contributed by atoms with van der Waals surface area (Å²) in [5.41, 5.74) is 0.648. The fourth-order valence-corrected chi connectivity index (χ4v) is 2.19. The first-order chi connectivity index (χ1) is 4.21. The van der Waals surface area contributed by atoms with E-state index in [9.17, 15) is 0 Å². The Morgan fingerprint density at radius 1 is 1.44 bits per heavy atom. The van der Waals surface area contributed by atoms with Crippen molar-refractivity contribution in [2.45, 2.75) is 26.7 Å². The maximum Gasteiger partial charge on any atom is -0.0176 e. The van der Waals surface area contributed by atoms with Gasteiger partial charge in [-0.15, -0.1) is 0 Å². The zero-order chi connectivity index (χ0) is 6.48. The summed E-state index contributed by atoms with van der Waals surface area (Å²) in [5, 5.41) is 0. The van der Waals surface area contributed by atoms with Gasteiger partial charge in [0, 0.05) is 0 Å². The third-order valence-electron chi connectivity index (χ3n) is 3.34. The van der Waals surface area contributed by atoms with E-state index >= 15 is 0 Å². The van der Waals surface area contributed by atoms with Crippen LogP contribution in [0.3, 0.4) is 0 Å². The van der Waals surface area contributed by atoms with Crippen LogP contribution < -0.4 is 0 Å². The molecule has 0 aliphatic heterocycles. The van der Waals surface area contributed by atoms with E-state index in [0.717, 1.165) is 11.8 Å². The first-order valence-corrected chi connectivity index (χ1v) is 3.88. The Hall–Kier alpha value is -0.260. The third kappa shape index (κ3) is 0.540. The molecule has 0 unspecified atom stereocenters. The van der Waals surface area contributed by atoms with Crippen LogP contribution in [0.15, 0.2) is 12.2 Å². The minimum atomic E-state index is 0.648. The Balaban J connectivity index is 2.27. The Labute approximate surface area is 57.0 Å². The van der Waals surface area contributed by atoms with Crippen molar-refractivity contribution < 1.29 is 0 Å². The van der Waals surface area contributed by atoms with Crippen LogP contribution in [0, 0.1) is 17.3 Å². The fraction of sp³-hybridized carbons (Fsp3) is 0.778. The molecule has 0 N–H and O–H groups in total. The Kier molecular flexibility index (Phi) is 0.870. The smallest absolute Gasteiger partial charge is 0.0176 e. The van der Waals surface area contributed by atoms with Gasteiger partial charge < -0.3 is 0 Å². The number of rotatable bonds is 0. The molecule has 2 atom stereocenters. The molecule has 3 aliphatic carbocycles. The number of allylic oxidation sites excluding steroid dienone is 2. The van der Waals surface area contributed by atoms with E-state index < -0.39 is 0 Å². The molecule has 0 aromatic carbocycles. The predicted molar refractivity (Wildman–Crippen MR) is 39.1 cm³/mol. The molecule has 3 aliphatic rings. The molecule has 9 heavy (non-hydrogen) atoms. The zero-order valence-corrected chi connectivity index (χ0v) is 6.22. The monoisotopic (exact) mass is 122 g/mol. The first kappa shape index (κ1) is 5.52. The molecule has 1 fully saturated rings. The second-order valence-electron chi connectivity index (χ2n) is 4.02. The van der Waals surface area contributed by atoms with E-state index in [2.05, 4.69) is 26.0 Å². The van der Waals surface area contributed by atoms with E-state index in [1.54, 1.807) is 0 Å². The van der Waals surface area contributed by atoms with Crippen LogP contribution >= 0.6 is 0 Å². The van der Waals surface area contributed by atoms with Crippen molar-refractivity contribution in [3.8, 4) is 0 Å². The highest BCUT2D eigenvalue weighted by Crippen LogP contribution is 2.56. The standard InChI is InChI=1S/C9H14/c1-9(2)7-4-3-5-8(9)6-7/h3-4,7-8H,5-6H2,1-2H3/t7-,8-/m1/s1. The molecule has 1 saturated carbocycles. The second kappa shape index (κ2) is 1.42. The van der Waals surface area contributed by atoms with E-state index in [4.69, 9.17) is 0 Å². The van der Waals surface area contributed by atoms with Gasteiger partial charge in [-0.2, -0.15) is 0 Å². The Bertz CT molecular complexity index is 153. The van der Waals surface area contributed by atoms with Gasteiger partial charge in [-0.25, -0.2) is 0 Å². The highest BCUT2D eigenvalue weighted by Gasteiger charge is 2.47. The third-order valence-corrected chi connectivity index (χ3v) is 3.34. The quantitative estimate of drug-likeness (QED) is 0.433. The van der Waals surface area contributed by atoms with Gasteiger partial charge in [0.05, 0.1) is 0 Å². The number of fused-ring (bicyclic) bond motifs is 1. The van der Waals surface area contributed by atoms with Gasteiger partial charge in [-0.3, -0.25) is 0 Å². The summed E-state index contributed by atoms with van der Waals surface area (Å²) in [4.78, 5) is 0. The van der Waals surface area contributed by atoms with E-state index in [0.29, 0.717) is 5.41 Å². The maximum absolute atomic E-state index is 2.40. The normalized spacial score (nSPS) is 44.2. The van der Waals surface area contributed by atoms with Gasteiger partial charge >= 0.3 is 0 Å². The van der Waals surface area contributed by atoms with Crippen LogP contribution in [0.5, 0.6) is 0 Å². The molecule has 3 rings (SSSR count). The Morgan fingerprint density at radius 3 is 2.44 bits per heavy atom. The molecule has 0 spiro atoms. The highest BCUT2D eigenvalue weighted by molar-refractivity contribution is 5.12. The lowest BCUT2D eigenvalue weighted by molar-refractivity contribution is 0.00320. The molecule has 0 aromatic heterocycles. The summed E-state index contributed by atoms with van der Waals surface area (Å²) >= 11 is 0. The van der Waals surface area contributed by atoms with Crippen molar-refractivity contribution in [3.63, 3.8) is 0 Å². The molecule has 0 heteroatoms. The summed E-state index contributed by atoms with van der Waals surface area (Å²) in [6.45, 7) is 4.80. The summed E-state index contributed by atoms with van der Waals surface area (Å²) in [6.07, 6.45) is 7.55. The van der Waals surface area contributed by atoms with Gasteiger partial charge in [0.2, 0.25) is 0 Å². The molecule has 0 nitrogen and oxygen atoms in total. The lowest BCUT2D eigenvalue weighted by atomic mass is 9.51. The van der Waals surface area contributed by atoms with Gasteiger partial charge in [-0.05, 0) is 30.1 Å². The van der Waals surface area contributed by atoms with Crippen molar-refractivity contribution in [3.05, 3.63) is 12.2 Å². The van der Waals surface area contributed by atoms with E-state index in [1.807, 2.05) is 0 Å². The van der Waals surface area contributed by atoms with Crippen LogP contribution in [0.2, 0.25) is 0 Å². The molecule has 0 saturated heterocycles. The van der Waals surface area contributed by atoms with Crippen molar-refractivity contribution in [1.29, 1.82) is 0 Å². The molecule has 0 radical (unpaired) electrons. The molecular formula is C9H14. The summed E-state index contributed by atoms with van der Waals surface area (Å²) < 4.78 is 0. The largest absolute Gasteiger partial charge is 0.0879 e. The van der Waals surface area contributed by atoms with Crippen LogP contribution in [-0.2, 0) is 0 Å². The average Bonchev–Trinajstić information content (AvgIpc) is 1.89. The first-order valence-electron chi connectivity index (χ1n) is 3.88. The van der Waals surface area contributed by atoms with Gasteiger partial charge in [0.25, 0.3) is 0 Å². The maximum atomic E-state index is 2.40. The van der Waals surface area contributed by atoms with Gasteiger partial charge in [0.1, 0.15) is 0 Å². The molecule has 0 amide bonds. The predicted octanol–water partition coefficient (Wildman–Crippen LogP) is 2.61. The molecule has 2 bridgehead atoms. The van der Waals surface area contributed by atoms with Gasteiger partial charge in [-0.1, -0.05) is 26.0 Å². The van der Waals surface area contributed by atoms with Crippen molar-refractivity contribution >= 4 is 0 Å². The number of hydrogen-bond acceptors (Lipinski definition) is 0. The lowest BCUT2D eigenvalue weighted by Gasteiger charge is -2.53. The summed E-state index contributed by atoms with van der Waals surface area (Å²) in [5.74, 6) is 1.92. The second-order valence-corrected chi connectivity index (χ2v) is 4.02.